The normalized spacial score (nSPS) is 10.5. The maximum absolute atomic E-state index is 12.6. The fraction of sp³-hybridized carbons (Fsp3) is 0.647. The summed E-state index contributed by atoms with van der Waals surface area (Å²) >= 11 is 0. The molecular formula is C17H31N3O3. The van der Waals surface area contributed by atoms with E-state index in [9.17, 15) is 9.59 Å². The van der Waals surface area contributed by atoms with Crippen molar-refractivity contribution in [1.82, 2.24) is 15.1 Å². The van der Waals surface area contributed by atoms with E-state index in [2.05, 4.69) is 18.8 Å². The van der Waals surface area contributed by atoms with Gasteiger partial charge in [-0.1, -0.05) is 39.2 Å². The Bertz CT molecular complexity index is 383. The lowest BCUT2D eigenvalue weighted by Crippen LogP contribution is -2.49. The average molecular weight is 325 g/mol. The van der Waals surface area contributed by atoms with Crippen LogP contribution in [0.1, 0.15) is 46.0 Å². The average Bonchev–Trinajstić information content (AvgIpc) is 2.54. The zero-order valence-electron chi connectivity index (χ0n) is 14.5. The van der Waals surface area contributed by atoms with Crippen LogP contribution in [0, 0.1) is 0 Å². The first-order chi connectivity index (χ1) is 11.1. The Labute approximate surface area is 139 Å². The lowest BCUT2D eigenvalue weighted by atomic mass is 10.2. The summed E-state index contributed by atoms with van der Waals surface area (Å²) in [6.45, 7) is 9.19. The van der Waals surface area contributed by atoms with Gasteiger partial charge in [0.2, 0.25) is 5.91 Å². The van der Waals surface area contributed by atoms with Crippen molar-refractivity contribution >= 4 is 11.9 Å². The summed E-state index contributed by atoms with van der Waals surface area (Å²) in [5.41, 5.74) is 0. The van der Waals surface area contributed by atoms with Gasteiger partial charge in [0.1, 0.15) is 0 Å². The van der Waals surface area contributed by atoms with E-state index in [4.69, 9.17) is 5.11 Å². The maximum atomic E-state index is 12.6. The van der Waals surface area contributed by atoms with Crippen LogP contribution < -0.4 is 5.32 Å². The summed E-state index contributed by atoms with van der Waals surface area (Å²) < 4.78 is 0. The molecule has 0 aliphatic heterocycles. The molecule has 2 N–H and O–H groups in total. The molecule has 6 nitrogen and oxygen atoms in total. The molecule has 6 heteroatoms. The first-order valence-corrected chi connectivity index (χ1v) is 8.35. The molecule has 0 aromatic carbocycles. The summed E-state index contributed by atoms with van der Waals surface area (Å²) in [4.78, 5) is 27.9. The van der Waals surface area contributed by atoms with Crippen LogP contribution in [-0.2, 0) is 4.79 Å². The van der Waals surface area contributed by atoms with E-state index in [0.717, 1.165) is 38.4 Å². The highest BCUT2D eigenvalue weighted by molar-refractivity contribution is 5.95. The number of nitrogens with one attached hydrogen (secondary N) is 1. The van der Waals surface area contributed by atoms with Gasteiger partial charge in [-0.3, -0.25) is 9.69 Å². The minimum Gasteiger partial charge on any atom is -0.514 e. The number of carbonyl (C=O) groups excluding carboxylic acids is 2. The molecule has 0 rings (SSSR count). The molecule has 132 valence electrons. The van der Waals surface area contributed by atoms with Crippen LogP contribution in [0.5, 0.6) is 0 Å². The smallest absolute Gasteiger partial charge is 0.327 e. The summed E-state index contributed by atoms with van der Waals surface area (Å²) in [6, 6.07) is -0.275. The van der Waals surface area contributed by atoms with Gasteiger partial charge >= 0.3 is 6.03 Å². The van der Waals surface area contributed by atoms with Crippen molar-refractivity contribution in [2.45, 2.75) is 46.0 Å². The third kappa shape index (κ3) is 8.90. The van der Waals surface area contributed by atoms with Gasteiger partial charge < -0.3 is 15.3 Å². The van der Waals surface area contributed by atoms with Gasteiger partial charge in [-0.25, -0.2) is 4.79 Å². The summed E-state index contributed by atoms with van der Waals surface area (Å²) in [6.07, 6.45) is 8.56. The van der Waals surface area contributed by atoms with Gasteiger partial charge in [0, 0.05) is 25.8 Å². The van der Waals surface area contributed by atoms with Crippen LogP contribution in [0.2, 0.25) is 0 Å². The van der Waals surface area contributed by atoms with Crippen molar-refractivity contribution in [1.29, 1.82) is 0 Å². The maximum Gasteiger partial charge on any atom is 0.327 e. The molecule has 0 aromatic heterocycles. The van der Waals surface area contributed by atoms with Gasteiger partial charge in [0.25, 0.3) is 0 Å². The number of urea groups is 1. The third-order valence-corrected chi connectivity index (χ3v) is 3.33. The Balaban J connectivity index is 4.86. The van der Waals surface area contributed by atoms with Crippen molar-refractivity contribution in [3.05, 3.63) is 25.1 Å². The number of hydrogen-bond acceptors (Lipinski definition) is 4. The molecule has 0 bridgehead atoms. The van der Waals surface area contributed by atoms with E-state index in [-0.39, 0.29) is 18.5 Å². The van der Waals surface area contributed by atoms with E-state index >= 15 is 0 Å². The largest absolute Gasteiger partial charge is 0.514 e. The molecule has 0 saturated heterocycles. The molecule has 0 aliphatic rings. The summed E-state index contributed by atoms with van der Waals surface area (Å²) in [5.74, 6) is -0.297. The Kier molecular flexibility index (Phi) is 12.5. The Morgan fingerprint density at radius 1 is 1.13 bits per heavy atom. The SMILES string of the molecule is C=CCN(CCC)C(=O)N(CCCCCC)C(=O)CN/C=C/O. The van der Waals surface area contributed by atoms with Crippen LogP contribution in [0.15, 0.2) is 25.1 Å². The van der Waals surface area contributed by atoms with E-state index in [0.29, 0.717) is 19.6 Å². The number of carbonyl (C=O) groups is 2. The van der Waals surface area contributed by atoms with E-state index in [1.807, 2.05) is 6.92 Å². The van der Waals surface area contributed by atoms with Crippen LogP contribution in [-0.4, -0.2) is 53.0 Å². The van der Waals surface area contributed by atoms with Crippen LogP contribution in [0.4, 0.5) is 4.79 Å². The van der Waals surface area contributed by atoms with Crippen LogP contribution in [0.3, 0.4) is 0 Å². The number of aliphatic hydroxyl groups is 1. The molecule has 0 saturated carbocycles. The molecule has 23 heavy (non-hydrogen) atoms. The third-order valence-electron chi connectivity index (χ3n) is 3.33. The fourth-order valence-electron chi connectivity index (χ4n) is 2.18. The van der Waals surface area contributed by atoms with Gasteiger partial charge in [-0.05, 0) is 12.8 Å². The second-order valence-corrected chi connectivity index (χ2v) is 5.32. The zero-order valence-corrected chi connectivity index (χ0v) is 14.5. The second kappa shape index (κ2) is 13.7. The predicted molar refractivity (Wildman–Crippen MR) is 93.1 cm³/mol. The topological polar surface area (TPSA) is 72.9 Å². The van der Waals surface area contributed by atoms with Gasteiger partial charge in [0.05, 0.1) is 12.8 Å². The number of unbranched alkanes of at least 4 members (excludes halogenated alkanes) is 3. The van der Waals surface area contributed by atoms with E-state index in [1.165, 1.54) is 11.1 Å². The molecule has 0 atom stereocenters. The van der Waals surface area contributed by atoms with Crippen molar-refractivity contribution in [3.63, 3.8) is 0 Å². The Hall–Kier alpha value is -1.98. The molecule has 0 fully saturated rings. The highest BCUT2D eigenvalue weighted by atomic mass is 16.2. The summed E-state index contributed by atoms with van der Waals surface area (Å²) in [7, 11) is 0. The van der Waals surface area contributed by atoms with Gasteiger partial charge in [0.15, 0.2) is 0 Å². The number of aliphatic hydroxyl groups excluding tert-OH is 1. The second-order valence-electron chi connectivity index (χ2n) is 5.32. The summed E-state index contributed by atoms with van der Waals surface area (Å²) in [5, 5.41) is 11.3. The Morgan fingerprint density at radius 3 is 2.43 bits per heavy atom. The lowest BCUT2D eigenvalue weighted by molar-refractivity contribution is -0.127. The van der Waals surface area contributed by atoms with E-state index in [1.54, 1.807) is 11.0 Å². The van der Waals surface area contributed by atoms with Crippen molar-refractivity contribution < 1.29 is 14.7 Å². The van der Waals surface area contributed by atoms with Crippen molar-refractivity contribution in [2.75, 3.05) is 26.2 Å². The number of imide groups is 1. The Morgan fingerprint density at radius 2 is 1.87 bits per heavy atom. The first-order valence-electron chi connectivity index (χ1n) is 8.35. The molecule has 0 radical (unpaired) electrons. The quantitative estimate of drug-likeness (QED) is 0.329. The molecule has 0 aromatic rings. The van der Waals surface area contributed by atoms with Crippen molar-refractivity contribution in [2.24, 2.45) is 0 Å². The van der Waals surface area contributed by atoms with Crippen LogP contribution in [0.25, 0.3) is 0 Å². The molecule has 3 amide bonds. The highest BCUT2D eigenvalue weighted by Crippen LogP contribution is 2.06. The number of amides is 3. The molecule has 0 unspecified atom stereocenters. The highest BCUT2D eigenvalue weighted by Gasteiger charge is 2.24. The zero-order chi connectivity index (χ0) is 17.5. The van der Waals surface area contributed by atoms with Crippen LogP contribution >= 0.6 is 0 Å². The molecule has 0 aliphatic carbocycles. The first kappa shape index (κ1) is 21.0. The lowest BCUT2D eigenvalue weighted by Gasteiger charge is -2.28. The molecular weight excluding hydrogens is 294 g/mol. The molecule has 0 spiro atoms. The number of nitrogens with zero attached hydrogens (tertiary/aromatic N) is 2. The predicted octanol–water partition coefficient (Wildman–Crippen LogP) is 3.03. The van der Waals surface area contributed by atoms with E-state index < -0.39 is 0 Å². The minimum atomic E-state index is -0.297. The van der Waals surface area contributed by atoms with Crippen molar-refractivity contribution in [3.8, 4) is 0 Å². The monoisotopic (exact) mass is 325 g/mol. The fourth-order valence-corrected chi connectivity index (χ4v) is 2.18. The number of hydrogen-bond donors (Lipinski definition) is 2. The van der Waals surface area contributed by atoms with Gasteiger partial charge in [-0.15, -0.1) is 6.58 Å². The van der Waals surface area contributed by atoms with Gasteiger partial charge in [-0.2, -0.15) is 0 Å². The minimum absolute atomic E-state index is 0.0232. The molecule has 0 heterocycles. The number of rotatable bonds is 12. The standard InChI is InChI=1S/C17H31N3O3/c1-4-7-8-9-13-20(16(22)15-18-10-14-21)17(23)19(11-5-2)12-6-3/h5,10,14,18,21H,2,4,6-9,11-13,15H2,1,3H3/b14-10+.